The van der Waals surface area contributed by atoms with Crippen molar-refractivity contribution in [1.82, 2.24) is 5.32 Å². The molecule has 0 bridgehead atoms. The van der Waals surface area contributed by atoms with Gasteiger partial charge in [0.1, 0.15) is 0 Å². The molecule has 0 radical (unpaired) electrons. The van der Waals surface area contributed by atoms with Gasteiger partial charge in [-0.25, -0.2) is 0 Å². The van der Waals surface area contributed by atoms with Gasteiger partial charge in [0.25, 0.3) is 5.91 Å². The van der Waals surface area contributed by atoms with Crippen molar-refractivity contribution in [1.29, 1.82) is 0 Å². The molecule has 0 fully saturated rings. The normalized spacial score (nSPS) is 18.3. The summed E-state index contributed by atoms with van der Waals surface area (Å²) in [6.07, 6.45) is 0. The van der Waals surface area contributed by atoms with E-state index in [9.17, 15) is 9.59 Å². The number of rotatable bonds is 4. The van der Waals surface area contributed by atoms with E-state index in [-0.39, 0.29) is 32.3 Å². The van der Waals surface area contributed by atoms with Crippen LogP contribution in [-0.2, 0) is 5.54 Å². The Morgan fingerprint density at radius 1 is 0.897 bits per heavy atom. The van der Waals surface area contributed by atoms with E-state index in [0.29, 0.717) is 0 Å². The molecular formula is C22H13Cl2F2NO2. The lowest BCUT2D eigenvalue weighted by Gasteiger charge is -2.37. The van der Waals surface area contributed by atoms with Gasteiger partial charge in [-0.05, 0) is 29.8 Å². The summed E-state index contributed by atoms with van der Waals surface area (Å²) in [5, 5.41) is 2.51. The second-order valence-corrected chi connectivity index (χ2v) is 7.55. The van der Waals surface area contributed by atoms with Gasteiger partial charge in [-0.15, -0.1) is 0 Å². The molecule has 1 unspecified atom stereocenters. The van der Waals surface area contributed by atoms with E-state index in [4.69, 9.17) is 23.2 Å². The lowest BCUT2D eigenvalue weighted by atomic mass is 9.75. The number of alkyl halides is 2. The summed E-state index contributed by atoms with van der Waals surface area (Å²) < 4.78 is 32.0. The number of carbonyl (C=O) groups excluding carboxylic acids is 2. The number of ketones is 1. The summed E-state index contributed by atoms with van der Waals surface area (Å²) in [5.41, 5.74) is -2.50. The van der Waals surface area contributed by atoms with Gasteiger partial charge >= 0.3 is 5.92 Å². The summed E-state index contributed by atoms with van der Waals surface area (Å²) in [7, 11) is 0. The number of Topliss-reactive ketones (excluding diaryl/α,β-unsaturated/α-hetero) is 1. The molecule has 0 saturated heterocycles. The molecule has 3 aromatic carbocycles. The SMILES string of the molecule is O=C1NC(c2ccccc2)(C(F)(F)C(=O)c2cc(Cl)cc(Cl)c2)c2ccccc21. The lowest BCUT2D eigenvalue weighted by Crippen LogP contribution is -2.58. The molecule has 1 aliphatic heterocycles. The number of nitrogens with one attached hydrogen (secondary N) is 1. The summed E-state index contributed by atoms with van der Waals surface area (Å²) in [6.45, 7) is 0. The van der Waals surface area contributed by atoms with Crippen LogP contribution in [0.2, 0.25) is 10.0 Å². The van der Waals surface area contributed by atoms with Crippen LogP contribution in [0, 0.1) is 0 Å². The monoisotopic (exact) mass is 431 g/mol. The van der Waals surface area contributed by atoms with Crippen molar-refractivity contribution in [2.75, 3.05) is 0 Å². The van der Waals surface area contributed by atoms with Crippen molar-refractivity contribution in [3.05, 3.63) is 105 Å². The quantitative estimate of drug-likeness (QED) is 0.554. The van der Waals surface area contributed by atoms with Crippen LogP contribution < -0.4 is 5.32 Å². The van der Waals surface area contributed by atoms with E-state index < -0.39 is 23.2 Å². The molecule has 29 heavy (non-hydrogen) atoms. The van der Waals surface area contributed by atoms with Crippen LogP contribution in [0.1, 0.15) is 31.8 Å². The molecule has 1 heterocycles. The van der Waals surface area contributed by atoms with Gasteiger partial charge in [-0.2, -0.15) is 8.78 Å². The van der Waals surface area contributed by atoms with Crippen LogP contribution in [0.15, 0.2) is 72.8 Å². The minimum Gasteiger partial charge on any atom is -0.333 e. The molecule has 146 valence electrons. The van der Waals surface area contributed by atoms with Gasteiger partial charge in [0.15, 0.2) is 5.54 Å². The van der Waals surface area contributed by atoms with Crippen molar-refractivity contribution in [2.45, 2.75) is 11.5 Å². The van der Waals surface area contributed by atoms with Crippen molar-refractivity contribution in [3.8, 4) is 0 Å². The molecule has 3 aromatic rings. The van der Waals surface area contributed by atoms with E-state index in [0.717, 1.165) is 12.1 Å². The first-order valence-corrected chi connectivity index (χ1v) is 9.39. The van der Waals surface area contributed by atoms with E-state index in [2.05, 4.69) is 5.32 Å². The smallest absolute Gasteiger partial charge is 0.333 e. The van der Waals surface area contributed by atoms with E-state index in [1.54, 1.807) is 30.3 Å². The van der Waals surface area contributed by atoms with Crippen LogP contribution in [0.25, 0.3) is 0 Å². The second kappa shape index (κ2) is 6.94. The molecule has 4 rings (SSSR count). The Morgan fingerprint density at radius 3 is 2.14 bits per heavy atom. The Hall–Kier alpha value is -2.76. The van der Waals surface area contributed by atoms with Crippen LogP contribution >= 0.6 is 23.2 Å². The minimum atomic E-state index is -4.04. The number of halogens is 4. The van der Waals surface area contributed by atoms with Gasteiger partial charge in [0.2, 0.25) is 5.78 Å². The van der Waals surface area contributed by atoms with Gasteiger partial charge in [0, 0.05) is 26.7 Å². The molecule has 7 heteroatoms. The molecule has 1 N–H and O–H groups in total. The van der Waals surface area contributed by atoms with Crippen LogP contribution in [0.3, 0.4) is 0 Å². The van der Waals surface area contributed by atoms with E-state index in [1.165, 1.54) is 30.3 Å². The highest BCUT2D eigenvalue weighted by Gasteiger charge is 2.65. The second-order valence-electron chi connectivity index (χ2n) is 6.68. The molecular weight excluding hydrogens is 419 g/mol. The number of benzene rings is 3. The largest absolute Gasteiger partial charge is 0.340 e. The van der Waals surface area contributed by atoms with Crippen LogP contribution in [-0.4, -0.2) is 17.6 Å². The zero-order chi connectivity index (χ0) is 20.8. The summed E-state index contributed by atoms with van der Waals surface area (Å²) in [5.74, 6) is -6.21. The zero-order valence-electron chi connectivity index (χ0n) is 14.8. The number of amides is 1. The number of carbonyl (C=O) groups is 2. The summed E-state index contributed by atoms with van der Waals surface area (Å²) in [6, 6.07) is 17.3. The Bertz CT molecular complexity index is 1110. The summed E-state index contributed by atoms with van der Waals surface area (Å²) in [4.78, 5) is 25.6. The van der Waals surface area contributed by atoms with Gasteiger partial charge in [0.05, 0.1) is 0 Å². The van der Waals surface area contributed by atoms with E-state index >= 15 is 8.78 Å². The van der Waals surface area contributed by atoms with Crippen molar-refractivity contribution >= 4 is 34.9 Å². The first-order valence-electron chi connectivity index (χ1n) is 8.63. The fraction of sp³-hybridized carbons (Fsp3) is 0.0909. The Balaban J connectivity index is 1.98. The van der Waals surface area contributed by atoms with Crippen molar-refractivity contribution in [2.24, 2.45) is 0 Å². The van der Waals surface area contributed by atoms with Crippen LogP contribution in [0.5, 0.6) is 0 Å². The third-order valence-electron chi connectivity index (χ3n) is 4.96. The predicted molar refractivity (Wildman–Crippen MR) is 107 cm³/mol. The minimum absolute atomic E-state index is 0.0303. The molecule has 0 spiro atoms. The fourth-order valence-corrected chi connectivity index (χ4v) is 4.22. The molecule has 1 atom stereocenters. The molecule has 0 saturated carbocycles. The maximum absolute atomic E-state index is 16.0. The summed E-state index contributed by atoms with van der Waals surface area (Å²) >= 11 is 11.8. The third kappa shape index (κ3) is 2.93. The zero-order valence-corrected chi connectivity index (χ0v) is 16.3. The highest BCUT2D eigenvalue weighted by Crippen LogP contribution is 2.49. The average Bonchev–Trinajstić information content (AvgIpc) is 3.02. The Kier molecular flexibility index (Phi) is 4.68. The molecule has 0 aromatic heterocycles. The topological polar surface area (TPSA) is 46.2 Å². The number of fused-ring (bicyclic) bond motifs is 1. The maximum atomic E-state index is 16.0. The predicted octanol–water partition coefficient (Wildman–Crippen LogP) is 5.50. The molecule has 0 aliphatic carbocycles. The first-order chi connectivity index (χ1) is 13.8. The number of hydrogen-bond acceptors (Lipinski definition) is 2. The standard InChI is InChI=1S/C22H13Cl2F2NO2/c23-15-10-13(11-16(24)12-15)19(28)22(25,26)21(14-6-2-1-3-7-14)18-9-5-4-8-17(18)20(29)27-21/h1-12H,(H,27,29). The molecule has 1 amide bonds. The van der Waals surface area contributed by atoms with Crippen molar-refractivity contribution in [3.63, 3.8) is 0 Å². The molecule has 3 nitrogen and oxygen atoms in total. The molecule has 1 aliphatic rings. The Morgan fingerprint density at radius 2 is 1.48 bits per heavy atom. The highest BCUT2D eigenvalue weighted by molar-refractivity contribution is 6.35. The third-order valence-corrected chi connectivity index (χ3v) is 5.40. The Labute approximate surface area is 175 Å². The average molecular weight is 432 g/mol. The van der Waals surface area contributed by atoms with Crippen molar-refractivity contribution < 1.29 is 18.4 Å². The van der Waals surface area contributed by atoms with E-state index in [1.807, 2.05) is 0 Å². The van der Waals surface area contributed by atoms with Crippen LogP contribution in [0.4, 0.5) is 8.78 Å². The first kappa shape index (κ1) is 19.6. The fourth-order valence-electron chi connectivity index (χ4n) is 3.69. The maximum Gasteiger partial charge on any atom is 0.340 e. The number of hydrogen-bond donors (Lipinski definition) is 1. The lowest BCUT2D eigenvalue weighted by molar-refractivity contribution is -0.0411. The van der Waals surface area contributed by atoms with Gasteiger partial charge in [-0.1, -0.05) is 71.7 Å². The highest BCUT2D eigenvalue weighted by atomic mass is 35.5. The van der Waals surface area contributed by atoms with Gasteiger partial charge in [-0.3, -0.25) is 9.59 Å². The van der Waals surface area contributed by atoms with Gasteiger partial charge < -0.3 is 5.32 Å².